The summed E-state index contributed by atoms with van der Waals surface area (Å²) in [7, 11) is 1.59. The van der Waals surface area contributed by atoms with Crippen LogP contribution in [0.1, 0.15) is 50.3 Å². The van der Waals surface area contributed by atoms with E-state index in [1.54, 1.807) is 13.2 Å². The zero-order valence-corrected chi connectivity index (χ0v) is 17.6. The second kappa shape index (κ2) is 8.95. The number of hydrogen-bond acceptors (Lipinski definition) is 5. The summed E-state index contributed by atoms with van der Waals surface area (Å²) in [5, 5.41) is 0. The summed E-state index contributed by atoms with van der Waals surface area (Å²) in [6.45, 7) is 9.05. The molecular weight excluding hydrogens is 366 g/mol. The third-order valence-electron chi connectivity index (χ3n) is 4.51. The van der Waals surface area contributed by atoms with Gasteiger partial charge in [-0.05, 0) is 53.3 Å². The van der Waals surface area contributed by atoms with Crippen molar-refractivity contribution >= 4 is 17.9 Å². The van der Waals surface area contributed by atoms with E-state index in [2.05, 4.69) is 32.7 Å². The predicted octanol–water partition coefficient (Wildman–Crippen LogP) is 5.20. The molecule has 0 aliphatic carbocycles. The van der Waals surface area contributed by atoms with Crippen LogP contribution in [0.15, 0.2) is 53.2 Å². The number of methoxy groups -OCH3 is 1. The molecule has 0 aromatic heterocycles. The van der Waals surface area contributed by atoms with Crippen LogP contribution >= 0.6 is 0 Å². The summed E-state index contributed by atoms with van der Waals surface area (Å²) >= 11 is 0. The van der Waals surface area contributed by atoms with Gasteiger partial charge in [0.2, 0.25) is 5.90 Å². The maximum absolute atomic E-state index is 12.3. The highest BCUT2D eigenvalue weighted by atomic mass is 16.6. The highest BCUT2D eigenvalue weighted by molar-refractivity contribution is 6.12. The lowest BCUT2D eigenvalue weighted by Crippen LogP contribution is -2.06. The number of esters is 1. The van der Waals surface area contributed by atoms with Gasteiger partial charge in [0.25, 0.3) is 0 Å². The van der Waals surface area contributed by atoms with Crippen LogP contribution in [0.2, 0.25) is 0 Å². The van der Waals surface area contributed by atoms with E-state index in [0.29, 0.717) is 35.8 Å². The molecule has 0 spiro atoms. The molecule has 29 heavy (non-hydrogen) atoms. The van der Waals surface area contributed by atoms with E-state index < -0.39 is 5.97 Å². The molecule has 5 nitrogen and oxygen atoms in total. The molecule has 0 bridgehead atoms. The topological polar surface area (TPSA) is 57.1 Å². The predicted molar refractivity (Wildman–Crippen MR) is 114 cm³/mol. The molecule has 0 atom stereocenters. The molecule has 2 aromatic carbocycles. The van der Waals surface area contributed by atoms with E-state index in [0.717, 1.165) is 11.1 Å². The third-order valence-corrected chi connectivity index (χ3v) is 4.51. The fraction of sp³-hybridized carbons (Fsp3) is 0.333. The van der Waals surface area contributed by atoms with Crippen molar-refractivity contribution in [3.8, 4) is 11.5 Å². The lowest BCUT2D eigenvalue weighted by molar-refractivity contribution is -0.129. The van der Waals surface area contributed by atoms with E-state index >= 15 is 0 Å². The van der Waals surface area contributed by atoms with Gasteiger partial charge in [0.05, 0.1) is 13.7 Å². The van der Waals surface area contributed by atoms with Crippen LogP contribution in [-0.2, 0) is 9.53 Å². The van der Waals surface area contributed by atoms with Crippen LogP contribution in [0.4, 0.5) is 0 Å². The largest absolute Gasteiger partial charge is 0.493 e. The SMILES string of the molecule is COc1cc(/C=C2\N=C(c3ccc(C(C)C)cc3)OC2=O)ccc1OCC(C)C. The Balaban J connectivity index is 1.83. The zero-order chi connectivity index (χ0) is 21.0. The fourth-order valence-corrected chi connectivity index (χ4v) is 2.85. The zero-order valence-electron chi connectivity index (χ0n) is 17.6. The lowest BCUT2D eigenvalue weighted by Gasteiger charge is -2.12. The maximum Gasteiger partial charge on any atom is 0.363 e. The molecule has 0 amide bonds. The minimum Gasteiger partial charge on any atom is -0.493 e. The van der Waals surface area contributed by atoms with Gasteiger partial charge in [0.15, 0.2) is 17.2 Å². The van der Waals surface area contributed by atoms with Crippen LogP contribution in [0.3, 0.4) is 0 Å². The van der Waals surface area contributed by atoms with Crippen molar-refractivity contribution in [3.05, 3.63) is 64.9 Å². The van der Waals surface area contributed by atoms with Crippen molar-refractivity contribution < 1.29 is 19.0 Å². The molecule has 0 N–H and O–H groups in total. The summed E-state index contributed by atoms with van der Waals surface area (Å²) in [5.41, 5.74) is 3.04. The van der Waals surface area contributed by atoms with Gasteiger partial charge in [-0.25, -0.2) is 9.79 Å². The van der Waals surface area contributed by atoms with Gasteiger partial charge in [-0.2, -0.15) is 0 Å². The third kappa shape index (κ3) is 5.05. The summed E-state index contributed by atoms with van der Waals surface area (Å²) in [4.78, 5) is 16.7. The van der Waals surface area contributed by atoms with Crippen molar-refractivity contribution in [2.45, 2.75) is 33.6 Å². The van der Waals surface area contributed by atoms with Crippen molar-refractivity contribution in [1.29, 1.82) is 0 Å². The Kier molecular flexibility index (Phi) is 6.37. The van der Waals surface area contributed by atoms with Gasteiger partial charge in [-0.3, -0.25) is 0 Å². The van der Waals surface area contributed by atoms with Crippen LogP contribution in [0.25, 0.3) is 6.08 Å². The second-order valence-electron chi connectivity index (χ2n) is 7.73. The molecule has 5 heteroatoms. The molecule has 0 unspecified atom stereocenters. The van der Waals surface area contributed by atoms with Crippen molar-refractivity contribution in [2.24, 2.45) is 10.9 Å². The molecule has 1 heterocycles. The fourth-order valence-electron chi connectivity index (χ4n) is 2.85. The summed E-state index contributed by atoms with van der Waals surface area (Å²) in [6.07, 6.45) is 1.69. The number of cyclic esters (lactones) is 1. The van der Waals surface area contributed by atoms with Crippen LogP contribution in [-0.4, -0.2) is 25.6 Å². The molecule has 0 saturated heterocycles. The van der Waals surface area contributed by atoms with E-state index in [-0.39, 0.29) is 5.70 Å². The van der Waals surface area contributed by atoms with Crippen molar-refractivity contribution in [1.82, 2.24) is 0 Å². The number of hydrogen-bond donors (Lipinski definition) is 0. The van der Waals surface area contributed by atoms with Gasteiger partial charge in [-0.15, -0.1) is 0 Å². The summed E-state index contributed by atoms with van der Waals surface area (Å²) in [6, 6.07) is 13.4. The maximum atomic E-state index is 12.3. The number of nitrogens with zero attached hydrogens (tertiary/aromatic N) is 1. The smallest absolute Gasteiger partial charge is 0.363 e. The molecule has 2 aromatic rings. The van der Waals surface area contributed by atoms with Crippen LogP contribution < -0.4 is 9.47 Å². The molecule has 0 saturated carbocycles. The van der Waals surface area contributed by atoms with Gasteiger partial charge in [-0.1, -0.05) is 45.9 Å². The highest BCUT2D eigenvalue weighted by Crippen LogP contribution is 2.30. The number of aliphatic imine (C=N–C) groups is 1. The van der Waals surface area contributed by atoms with Crippen LogP contribution in [0.5, 0.6) is 11.5 Å². The summed E-state index contributed by atoms with van der Waals surface area (Å²) in [5.74, 6) is 1.99. The van der Waals surface area contributed by atoms with Gasteiger partial charge in [0, 0.05) is 5.56 Å². The Morgan fingerprint density at radius 3 is 2.38 bits per heavy atom. The van der Waals surface area contributed by atoms with E-state index in [1.807, 2.05) is 42.5 Å². The molecule has 1 aliphatic rings. The van der Waals surface area contributed by atoms with E-state index in [4.69, 9.17) is 14.2 Å². The van der Waals surface area contributed by atoms with Gasteiger partial charge < -0.3 is 14.2 Å². The van der Waals surface area contributed by atoms with Crippen molar-refractivity contribution in [2.75, 3.05) is 13.7 Å². The standard InChI is InChI=1S/C24H27NO4/c1-15(2)14-28-21-11-6-17(13-22(21)27-5)12-20-24(26)29-23(25-20)19-9-7-18(8-10-19)16(3)4/h6-13,15-16H,14H2,1-5H3/b20-12-. The lowest BCUT2D eigenvalue weighted by atomic mass is 10.0. The van der Waals surface area contributed by atoms with Gasteiger partial charge in [0.1, 0.15) is 0 Å². The second-order valence-corrected chi connectivity index (χ2v) is 7.73. The molecule has 3 rings (SSSR count). The minimum atomic E-state index is -0.466. The normalized spacial score (nSPS) is 15.1. The first kappa shape index (κ1) is 20.6. The van der Waals surface area contributed by atoms with Crippen molar-refractivity contribution in [3.63, 3.8) is 0 Å². The van der Waals surface area contributed by atoms with Crippen LogP contribution in [0, 0.1) is 5.92 Å². The first-order chi connectivity index (χ1) is 13.9. The van der Waals surface area contributed by atoms with Gasteiger partial charge >= 0.3 is 5.97 Å². The summed E-state index contributed by atoms with van der Waals surface area (Å²) < 4.78 is 16.6. The monoisotopic (exact) mass is 393 g/mol. The molecule has 0 radical (unpaired) electrons. The molecular formula is C24H27NO4. The Hall–Kier alpha value is -3.08. The quantitative estimate of drug-likeness (QED) is 0.479. The first-order valence-electron chi connectivity index (χ1n) is 9.81. The Morgan fingerprint density at radius 1 is 1.03 bits per heavy atom. The number of ether oxygens (including phenoxy) is 3. The average Bonchev–Trinajstić information content (AvgIpc) is 3.07. The van der Waals surface area contributed by atoms with E-state index in [9.17, 15) is 4.79 Å². The molecule has 152 valence electrons. The Labute approximate surface area is 172 Å². The number of carbonyl (C=O) groups excluding carboxylic acids is 1. The minimum absolute atomic E-state index is 0.255. The average molecular weight is 393 g/mol. The first-order valence-corrected chi connectivity index (χ1v) is 9.81. The highest BCUT2D eigenvalue weighted by Gasteiger charge is 2.24. The Morgan fingerprint density at radius 2 is 1.76 bits per heavy atom. The number of benzene rings is 2. The number of carbonyl (C=O) groups is 1. The molecule has 1 aliphatic heterocycles. The Bertz CT molecular complexity index is 940. The van der Waals surface area contributed by atoms with E-state index in [1.165, 1.54) is 5.56 Å². The molecule has 0 fully saturated rings. The number of rotatable bonds is 7.